The summed E-state index contributed by atoms with van der Waals surface area (Å²) in [6.07, 6.45) is 4.33. The van der Waals surface area contributed by atoms with Crippen molar-refractivity contribution in [2.45, 2.75) is 19.3 Å². The van der Waals surface area contributed by atoms with Gasteiger partial charge in [0.2, 0.25) is 0 Å². The van der Waals surface area contributed by atoms with Gasteiger partial charge in [-0.15, -0.1) is 0 Å². The number of ether oxygens (including phenoxy) is 1. The number of rotatable bonds is 3. The molecule has 26 heavy (non-hydrogen) atoms. The lowest BCUT2D eigenvalue weighted by Crippen LogP contribution is -2.43. The smallest absolute Gasteiger partial charge is 0.276 e. The zero-order valence-corrected chi connectivity index (χ0v) is 15.2. The van der Waals surface area contributed by atoms with Crippen molar-refractivity contribution in [1.82, 2.24) is 9.29 Å². The van der Waals surface area contributed by atoms with E-state index in [2.05, 4.69) is 9.88 Å². The van der Waals surface area contributed by atoms with Crippen LogP contribution in [0.25, 0.3) is 10.9 Å². The summed E-state index contributed by atoms with van der Waals surface area (Å²) < 4.78 is 51.4. The molecule has 8 heteroatoms. The SMILES string of the molecule is [2H]C([2H])([2H])Oc1ccc2c(N3CCC4(CC3)CCN(S(N)(=O)=O)C4)ccnc2c1. The van der Waals surface area contributed by atoms with Gasteiger partial charge in [0, 0.05) is 49.5 Å². The van der Waals surface area contributed by atoms with Crippen molar-refractivity contribution in [3.8, 4) is 5.75 Å². The highest BCUT2D eigenvalue weighted by atomic mass is 32.2. The van der Waals surface area contributed by atoms with Crippen molar-refractivity contribution >= 4 is 26.8 Å². The van der Waals surface area contributed by atoms with Crippen molar-refractivity contribution < 1.29 is 17.3 Å². The maximum atomic E-state index is 11.6. The average Bonchev–Trinajstić information content (AvgIpc) is 3.05. The number of piperidine rings is 1. The molecule has 0 aliphatic carbocycles. The topological polar surface area (TPSA) is 88.8 Å². The molecule has 2 aliphatic rings. The number of pyridine rings is 1. The third-order valence-corrected chi connectivity index (χ3v) is 6.77. The molecular formula is C18H24N4O3S. The van der Waals surface area contributed by atoms with E-state index in [-0.39, 0.29) is 11.2 Å². The van der Waals surface area contributed by atoms with E-state index in [9.17, 15) is 8.42 Å². The number of fused-ring (bicyclic) bond motifs is 1. The summed E-state index contributed by atoms with van der Waals surface area (Å²) in [5.41, 5.74) is 1.70. The molecule has 0 radical (unpaired) electrons. The van der Waals surface area contributed by atoms with Crippen LogP contribution in [0.3, 0.4) is 0 Å². The Hall–Kier alpha value is -1.90. The average molecular weight is 380 g/mol. The van der Waals surface area contributed by atoms with E-state index < -0.39 is 17.2 Å². The lowest BCUT2D eigenvalue weighted by atomic mass is 9.77. The molecule has 1 spiro atoms. The summed E-state index contributed by atoms with van der Waals surface area (Å²) >= 11 is 0. The minimum atomic E-state index is -3.63. The van der Waals surface area contributed by atoms with E-state index in [4.69, 9.17) is 14.0 Å². The molecule has 2 aliphatic heterocycles. The van der Waals surface area contributed by atoms with Crippen LogP contribution in [-0.2, 0) is 10.2 Å². The van der Waals surface area contributed by atoms with Crippen LogP contribution in [-0.4, -0.2) is 50.9 Å². The van der Waals surface area contributed by atoms with Crippen LogP contribution in [0.5, 0.6) is 5.75 Å². The maximum absolute atomic E-state index is 11.6. The number of benzene rings is 1. The molecular weight excluding hydrogens is 352 g/mol. The molecule has 0 atom stereocenters. The minimum Gasteiger partial charge on any atom is -0.497 e. The first-order chi connectivity index (χ1) is 13.5. The molecule has 0 saturated carbocycles. The van der Waals surface area contributed by atoms with Crippen LogP contribution in [0.2, 0.25) is 0 Å². The zero-order valence-electron chi connectivity index (χ0n) is 17.4. The molecule has 2 aromatic rings. The molecule has 3 heterocycles. The van der Waals surface area contributed by atoms with E-state index in [1.54, 1.807) is 18.3 Å². The van der Waals surface area contributed by atoms with Crippen molar-refractivity contribution in [2.75, 3.05) is 38.1 Å². The largest absolute Gasteiger partial charge is 0.497 e. The number of hydrogen-bond donors (Lipinski definition) is 1. The van der Waals surface area contributed by atoms with Gasteiger partial charge in [0.1, 0.15) is 5.75 Å². The predicted octanol–water partition coefficient (Wildman–Crippen LogP) is 1.74. The first kappa shape index (κ1) is 14.2. The predicted molar refractivity (Wildman–Crippen MR) is 101 cm³/mol. The van der Waals surface area contributed by atoms with Gasteiger partial charge in [-0.1, -0.05) is 0 Å². The third-order valence-electron chi connectivity index (χ3n) is 5.74. The van der Waals surface area contributed by atoms with E-state index in [0.717, 1.165) is 43.4 Å². The van der Waals surface area contributed by atoms with Gasteiger partial charge in [-0.3, -0.25) is 4.98 Å². The first-order valence-electron chi connectivity index (χ1n) is 10.2. The minimum absolute atomic E-state index is 0.00745. The molecule has 7 nitrogen and oxygen atoms in total. The van der Waals surface area contributed by atoms with Gasteiger partial charge in [-0.05, 0) is 42.9 Å². The van der Waals surface area contributed by atoms with E-state index in [0.29, 0.717) is 18.6 Å². The standard InChI is InChI=1S/C18H24N4O3S/c1-25-14-2-3-15-16(12-14)20-8-4-17(15)21-9-5-18(6-10-21)7-11-22(13-18)26(19,23)24/h2-4,8,12H,5-7,9-11,13H2,1H3,(H2,19,23,24)/i1D3. The summed E-state index contributed by atoms with van der Waals surface area (Å²) in [4.78, 5) is 6.63. The highest BCUT2D eigenvalue weighted by molar-refractivity contribution is 7.86. The van der Waals surface area contributed by atoms with Crippen LogP contribution >= 0.6 is 0 Å². The second-order valence-corrected chi connectivity index (χ2v) is 8.77. The summed E-state index contributed by atoms with van der Waals surface area (Å²) in [7, 11) is -6.13. The number of anilines is 1. The Labute approximate surface area is 158 Å². The Morgan fingerprint density at radius 2 is 2.00 bits per heavy atom. The molecule has 140 valence electrons. The summed E-state index contributed by atoms with van der Waals surface area (Å²) in [5.74, 6) is 0.258. The van der Waals surface area contributed by atoms with Gasteiger partial charge in [0.25, 0.3) is 10.2 Å². The fraction of sp³-hybridized carbons (Fsp3) is 0.500. The van der Waals surface area contributed by atoms with Crippen LogP contribution in [0.1, 0.15) is 23.4 Å². The molecule has 2 saturated heterocycles. The Morgan fingerprint density at radius 1 is 1.23 bits per heavy atom. The molecule has 1 aromatic carbocycles. The van der Waals surface area contributed by atoms with Crippen LogP contribution < -0.4 is 14.8 Å². The molecule has 0 unspecified atom stereocenters. The number of methoxy groups -OCH3 is 1. The van der Waals surface area contributed by atoms with Gasteiger partial charge in [-0.2, -0.15) is 12.7 Å². The number of aromatic nitrogens is 1. The fourth-order valence-corrected chi connectivity index (χ4v) is 4.99. The zero-order chi connectivity index (χ0) is 20.9. The van der Waals surface area contributed by atoms with Gasteiger partial charge < -0.3 is 9.64 Å². The molecule has 0 bridgehead atoms. The number of hydrogen-bond acceptors (Lipinski definition) is 5. The van der Waals surface area contributed by atoms with Gasteiger partial charge in [0.05, 0.1) is 16.7 Å². The van der Waals surface area contributed by atoms with Crippen molar-refractivity contribution in [3.05, 3.63) is 30.5 Å². The van der Waals surface area contributed by atoms with Gasteiger partial charge in [0.15, 0.2) is 0 Å². The number of nitrogens with zero attached hydrogens (tertiary/aromatic N) is 3. The maximum Gasteiger partial charge on any atom is 0.276 e. The fourth-order valence-electron chi connectivity index (χ4n) is 4.19. The van der Waals surface area contributed by atoms with E-state index >= 15 is 0 Å². The monoisotopic (exact) mass is 379 g/mol. The number of nitrogens with two attached hydrogens (primary N) is 1. The first-order valence-corrected chi connectivity index (χ1v) is 10.2. The Balaban J connectivity index is 1.51. The molecule has 4 rings (SSSR count). The highest BCUT2D eigenvalue weighted by Gasteiger charge is 2.43. The summed E-state index contributed by atoms with van der Waals surface area (Å²) in [6, 6.07) is 7.07. The third kappa shape index (κ3) is 3.13. The molecule has 2 fully saturated rings. The lowest BCUT2D eigenvalue weighted by Gasteiger charge is -2.40. The highest BCUT2D eigenvalue weighted by Crippen LogP contribution is 2.42. The van der Waals surface area contributed by atoms with Crippen LogP contribution in [0.4, 0.5) is 5.69 Å². The second-order valence-electron chi connectivity index (χ2n) is 7.23. The Kier molecular flexibility index (Phi) is 3.48. The molecule has 2 N–H and O–H groups in total. The van der Waals surface area contributed by atoms with Gasteiger partial charge >= 0.3 is 0 Å². The lowest BCUT2D eigenvalue weighted by molar-refractivity contribution is 0.235. The normalized spacial score (nSPS) is 23.0. The van der Waals surface area contributed by atoms with Gasteiger partial charge in [-0.25, -0.2) is 5.14 Å². The van der Waals surface area contributed by atoms with Crippen LogP contribution in [0, 0.1) is 5.41 Å². The Bertz CT molecular complexity index is 1020. The Morgan fingerprint density at radius 3 is 2.69 bits per heavy atom. The quantitative estimate of drug-likeness (QED) is 0.877. The van der Waals surface area contributed by atoms with Crippen LogP contribution in [0.15, 0.2) is 30.5 Å². The van der Waals surface area contributed by atoms with E-state index in [1.807, 2.05) is 12.1 Å². The summed E-state index contributed by atoms with van der Waals surface area (Å²) in [5, 5.41) is 6.23. The van der Waals surface area contributed by atoms with Crippen molar-refractivity contribution in [3.63, 3.8) is 0 Å². The molecule has 0 amide bonds. The second kappa shape index (κ2) is 6.37. The van der Waals surface area contributed by atoms with Crippen molar-refractivity contribution in [2.24, 2.45) is 10.6 Å². The molecule has 1 aromatic heterocycles. The summed E-state index contributed by atoms with van der Waals surface area (Å²) in [6.45, 7) is 2.60. The van der Waals surface area contributed by atoms with Crippen molar-refractivity contribution in [1.29, 1.82) is 0 Å². The van der Waals surface area contributed by atoms with E-state index in [1.165, 1.54) is 4.31 Å².